The summed E-state index contributed by atoms with van der Waals surface area (Å²) >= 11 is 3.29. The fourth-order valence-electron chi connectivity index (χ4n) is 1.67. The third-order valence-corrected chi connectivity index (χ3v) is 3.28. The molecule has 20 heavy (non-hydrogen) atoms. The van der Waals surface area contributed by atoms with E-state index in [0.29, 0.717) is 28.2 Å². The van der Waals surface area contributed by atoms with E-state index in [9.17, 15) is 4.39 Å². The van der Waals surface area contributed by atoms with E-state index in [1.165, 1.54) is 12.1 Å². The van der Waals surface area contributed by atoms with E-state index in [2.05, 4.69) is 52.2 Å². The monoisotopic (exact) mass is 341 g/mol. The minimum Gasteiger partial charge on any atom is -0.421 e. The highest BCUT2D eigenvalue weighted by Gasteiger charge is 2.13. The van der Waals surface area contributed by atoms with Crippen LogP contribution in [0.1, 0.15) is 26.7 Å². The first kappa shape index (κ1) is 15.1. The molecule has 1 heterocycles. The minimum atomic E-state index is -0.310. The first-order valence-electron chi connectivity index (χ1n) is 6.38. The van der Waals surface area contributed by atoms with Gasteiger partial charge in [0, 0.05) is 23.0 Å². The van der Waals surface area contributed by atoms with E-state index in [0.717, 1.165) is 6.54 Å². The van der Waals surface area contributed by atoms with Crippen LogP contribution in [0.4, 0.5) is 4.39 Å². The molecule has 0 fully saturated rings. The SMILES string of the molecule is CC(C)(C)NCCc1nnc(-c2ccc(F)cc2Br)o1. The van der Waals surface area contributed by atoms with E-state index >= 15 is 0 Å². The zero-order valence-electron chi connectivity index (χ0n) is 11.7. The predicted molar refractivity (Wildman–Crippen MR) is 78.9 cm³/mol. The summed E-state index contributed by atoms with van der Waals surface area (Å²) in [6.07, 6.45) is 0.656. The van der Waals surface area contributed by atoms with Crippen LogP contribution in [-0.2, 0) is 6.42 Å². The molecule has 0 aliphatic carbocycles. The Morgan fingerprint density at radius 2 is 2.05 bits per heavy atom. The summed E-state index contributed by atoms with van der Waals surface area (Å²) in [7, 11) is 0. The van der Waals surface area contributed by atoms with E-state index < -0.39 is 0 Å². The van der Waals surface area contributed by atoms with Crippen molar-refractivity contribution in [2.75, 3.05) is 6.54 Å². The third kappa shape index (κ3) is 4.11. The standard InChI is InChI=1S/C14H17BrFN3O/c1-14(2,3)17-7-6-12-18-19-13(20-12)10-5-4-9(16)8-11(10)15/h4-5,8,17H,6-7H2,1-3H3. The van der Waals surface area contributed by atoms with Crippen molar-refractivity contribution in [2.24, 2.45) is 0 Å². The van der Waals surface area contributed by atoms with Crippen molar-refractivity contribution in [3.63, 3.8) is 0 Å². The largest absolute Gasteiger partial charge is 0.421 e. The summed E-state index contributed by atoms with van der Waals surface area (Å²) < 4.78 is 19.2. The van der Waals surface area contributed by atoms with Crippen LogP contribution in [0.25, 0.3) is 11.5 Å². The fourth-order valence-corrected chi connectivity index (χ4v) is 2.19. The Morgan fingerprint density at radius 3 is 2.70 bits per heavy atom. The fraction of sp³-hybridized carbons (Fsp3) is 0.429. The Balaban J connectivity index is 2.05. The maximum Gasteiger partial charge on any atom is 0.248 e. The van der Waals surface area contributed by atoms with Gasteiger partial charge in [0.2, 0.25) is 11.8 Å². The number of rotatable bonds is 4. The van der Waals surface area contributed by atoms with Crippen molar-refractivity contribution >= 4 is 15.9 Å². The van der Waals surface area contributed by atoms with Crippen molar-refractivity contribution in [1.82, 2.24) is 15.5 Å². The van der Waals surface area contributed by atoms with Gasteiger partial charge in [-0.05, 0) is 54.9 Å². The Hall–Kier alpha value is -1.27. The van der Waals surface area contributed by atoms with Gasteiger partial charge in [0.15, 0.2) is 0 Å². The smallest absolute Gasteiger partial charge is 0.248 e. The molecule has 4 nitrogen and oxygen atoms in total. The topological polar surface area (TPSA) is 51.0 Å². The first-order chi connectivity index (χ1) is 9.35. The molecule has 0 spiro atoms. The molecule has 0 aliphatic heterocycles. The van der Waals surface area contributed by atoms with Crippen LogP contribution >= 0.6 is 15.9 Å². The van der Waals surface area contributed by atoms with E-state index in [4.69, 9.17) is 4.42 Å². The maximum absolute atomic E-state index is 13.0. The molecule has 0 radical (unpaired) electrons. The Bertz CT molecular complexity index is 592. The van der Waals surface area contributed by atoms with Gasteiger partial charge in [0.25, 0.3) is 0 Å². The highest BCUT2D eigenvalue weighted by atomic mass is 79.9. The lowest BCUT2D eigenvalue weighted by molar-refractivity contribution is 0.412. The lowest BCUT2D eigenvalue weighted by Crippen LogP contribution is -2.37. The zero-order valence-corrected chi connectivity index (χ0v) is 13.3. The number of hydrogen-bond donors (Lipinski definition) is 1. The number of hydrogen-bond acceptors (Lipinski definition) is 4. The molecule has 0 atom stereocenters. The molecule has 0 amide bonds. The molecule has 2 rings (SSSR count). The second kappa shape index (κ2) is 6.01. The van der Waals surface area contributed by atoms with Gasteiger partial charge in [-0.3, -0.25) is 0 Å². The molecule has 0 bridgehead atoms. The average Bonchev–Trinajstić information content (AvgIpc) is 2.75. The summed E-state index contributed by atoms with van der Waals surface area (Å²) in [5.41, 5.74) is 0.747. The summed E-state index contributed by atoms with van der Waals surface area (Å²) in [6.45, 7) is 7.06. The Morgan fingerprint density at radius 1 is 1.30 bits per heavy atom. The lowest BCUT2D eigenvalue weighted by Gasteiger charge is -2.19. The van der Waals surface area contributed by atoms with Gasteiger partial charge in [-0.2, -0.15) is 0 Å². The van der Waals surface area contributed by atoms with E-state index in [1.54, 1.807) is 6.07 Å². The van der Waals surface area contributed by atoms with Gasteiger partial charge in [0.1, 0.15) is 5.82 Å². The molecule has 0 aliphatic rings. The van der Waals surface area contributed by atoms with E-state index in [1.807, 2.05) is 0 Å². The summed E-state index contributed by atoms with van der Waals surface area (Å²) in [5, 5.41) is 11.4. The van der Waals surface area contributed by atoms with Crippen LogP contribution in [0.3, 0.4) is 0 Å². The molecule has 6 heteroatoms. The lowest BCUT2D eigenvalue weighted by atomic mass is 10.1. The highest BCUT2D eigenvalue weighted by molar-refractivity contribution is 9.10. The van der Waals surface area contributed by atoms with Crippen LogP contribution in [0.2, 0.25) is 0 Å². The van der Waals surface area contributed by atoms with Crippen molar-refractivity contribution in [2.45, 2.75) is 32.7 Å². The first-order valence-corrected chi connectivity index (χ1v) is 7.17. The number of nitrogens with zero attached hydrogens (tertiary/aromatic N) is 2. The molecule has 2 aromatic rings. The van der Waals surface area contributed by atoms with Gasteiger partial charge in [-0.15, -0.1) is 10.2 Å². The van der Waals surface area contributed by atoms with Gasteiger partial charge in [-0.1, -0.05) is 0 Å². The van der Waals surface area contributed by atoms with Gasteiger partial charge in [-0.25, -0.2) is 4.39 Å². The average molecular weight is 342 g/mol. The molecule has 108 valence electrons. The van der Waals surface area contributed by atoms with Crippen LogP contribution in [0.15, 0.2) is 27.1 Å². The molecule has 1 aromatic heterocycles. The number of halogens is 2. The quantitative estimate of drug-likeness (QED) is 0.923. The molecule has 0 saturated carbocycles. The Labute approximate surface area is 125 Å². The molecular weight excluding hydrogens is 325 g/mol. The summed E-state index contributed by atoms with van der Waals surface area (Å²) in [5.74, 6) is 0.644. The molecular formula is C14H17BrFN3O. The number of benzene rings is 1. The molecule has 0 saturated heterocycles. The predicted octanol–water partition coefficient (Wildman–Crippen LogP) is 3.57. The van der Waals surface area contributed by atoms with Crippen molar-refractivity contribution in [3.8, 4) is 11.5 Å². The van der Waals surface area contributed by atoms with Crippen LogP contribution in [-0.4, -0.2) is 22.3 Å². The second-order valence-electron chi connectivity index (χ2n) is 5.55. The van der Waals surface area contributed by atoms with Crippen LogP contribution < -0.4 is 5.32 Å². The minimum absolute atomic E-state index is 0.0584. The summed E-state index contributed by atoms with van der Waals surface area (Å²) in [6, 6.07) is 4.36. The normalized spacial score (nSPS) is 11.8. The Kier molecular flexibility index (Phi) is 4.55. The molecule has 1 N–H and O–H groups in total. The third-order valence-electron chi connectivity index (χ3n) is 2.62. The van der Waals surface area contributed by atoms with Gasteiger partial charge in [0.05, 0.1) is 5.56 Å². The molecule has 1 aromatic carbocycles. The van der Waals surface area contributed by atoms with Crippen molar-refractivity contribution in [3.05, 3.63) is 34.4 Å². The van der Waals surface area contributed by atoms with Crippen LogP contribution in [0, 0.1) is 5.82 Å². The van der Waals surface area contributed by atoms with Crippen molar-refractivity contribution in [1.29, 1.82) is 0 Å². The van der Waals surface area contributed by atoms with E-state index in [-0.39, 0.29) is 11.4 Å². The second-order valence-corrected chi connectivity index (χ2v) is 6.41. The van der Waals surface area contributed by atoms with Crippen LogP contribution in [0.5, 0.6) is 0 Å². The highest BCUT2D eigenvalue weighted by Crippen LogP contribution is 2.27. The number of nitrogens with one attached hydrogen (secondary N) is 1. The van der Waals surface area contributed by atoms with Gasteiger partial charge >= 0.3 is 0 Å². The number of aromatic nitrogens is 2. The van der Waals surface area contributed by atoms with Crippen molar-refractivity contribution < 1.29 is 8.81 Å². The maximum atomic E-state index is 13.0. The molecule has 0 unspecified atom stereocenters. The summed E-state index contributed by atoms with van der Waals surface area (Å²) in [4.78, 5) is 0. The van der Waals surface area contributed by atoms with Gasteiger partial charge < -0.3 is 9.73 Å². The zero-order chi connectivity index (χ0) is 14.8.